The second kappa shape index (κ2) is 14.7. The number of hydrogen-bond donors (Lipinski definition) is 3. The molecule has 3 N–H and O–H groups in total. The molecule has 0 spiro atoms. The molecule has 0 heterocycles. The fourth-order valence-electron chi connectivity index (χ4n) is 4.45. The summed E-state index contributed by atoms with van der Waals surface area (Å²) in [6.07, 6.45) is 1.66. The van der Waals surface area contributed by atoms with E-state index >= 15 is 0 Å². The van der Waals surface area contributed by atoms with Gasteiger partial charge in [-0.05, 0) is 72.7 Å². The highest BCUT2D eigenvalue weighted by Crippen LogP contribution is 2.36. The lowest BCUT2D eigenvalue weighted by Crippen LogP contribution is -2.30. The van der Waals surface area contributed by atoms with Gasteiger partial charge in [0.15, 0.2) is 0 Å². The second-order valence-electron chi connectivity index (χ2n) is 10.0. The van der Waals surface area contributed by atoms with Crippen molar-refractivity contribution in [3.63, 3.8) is 0 Å². The lowest BCUT2D eigenvalue weighted by molar-refractivity contribution is -0.116. The molecule has 218 valence electrons. The average molecular weight is 598 g/mol. The molecule has 5 aromatic rings. The van der Waals surface area contributed by atoms with Crippen LogP contribution in [0.4, 0.5) is 11.4 Å². The van der Waals surface area contributed by atoms with Gasteiger partial charge < -0.3 is 16.0 Å². The van der Waals surface area contributed by atoms with Crippen molar-refractivity contribution in [1.82, 2.24) is 5.32 Å². The molecular weight excluding hydrogens is 566 g/mol. The Balaban J connectivity index is 1.32. The average Bonchev–Trinajstić information content (AvgIpc) is 3.05. The summed E-state index contributed by atoms with van der Waals surface area (Å²) in [6.45, 7) is 1.97. The molecule has 0 saturated heterocycles. The number of aryl methyl sites for hydroxylation is 1. The zero-order valence-electron chi connectivity index (χ0n) is 24.1. The molecule has 0 fully saturated rings. The Bertz CT molecular complexity index is 1760. The third-order valence-electron chi connectivity index (χ3n) is 6.63. The normalized spacial score (nSPS) is 11.7. The van der Waals surface area contributed by atoms with E-state index in [0.717, 1.165) is 27.3 Å². The van der Waals surface area contributed by atoms with Gasteiger partial charge in [0.1, 0.15) is 10.9 Å². The van der Waals surface area contributed by atoms with E-state index in [1.54, 1.807) is 42.5 Å². The SMILES string of the molecule is Cc1cccc(/C=C(\NC(=O)c2ccccc2)C(=O)Nc2ccc(SC(C(=O)Nc3ccccc3)c3ccccc3)cc2)c1. The van der Waals surface area contributed by atoms with Crippen molar-refractivity contribution in [2.75, 3.05) is 10.6 Å². The van der Waals surface area contributed by atoms with Crippen LogP contribution in [0.2, 0.25) is 0 Å². The third-order valence-corrected chi connectivity index (χ3v) is 7.90. The van der Waals surface area contributed by atoms with Crippen molar-refractivity contribution in [3.05, 3.63) is 167 Å². The molecule has 5 aromatic carbocycles. The predicted molar refractivity (Wildman–Crippen MR) is 178 cm³/mol. The summed E-state index contributed by atoms with van der Waals surface area (Å²) >= 11 is 1.42. The van der Waals surface area contributed by atoms with Crippen LogP contribution in [0.15, 0.2) is 150 Å². The Kier molecular flexibility index (Phi) is 10.0. The predicted octanol–water partition coefficient (Wildman–Crippen LogP) is 7.88. The molecule has 3 amide bonds. The van der Waals surface area contributed by atoms with Gasteiger partial charge in [-0.15, -0.1) is 11.8 Å². The Morgan fingerprint density at radius 2 is 1.27 bits per heavy atom. The molecule has 7 heteroatoms. The van der Waals surface area contributed by atoms with E-state index in [1.807, 2.05) is 110 Å². The van der Waals surface area contributed by atoms with E-state index in [2.05, 4.69) is 16.0 Å². The quantitative estimate of drug-likeness (QED) is 0.113. The number of hydrogen-bond acceptors (Lipinski definition) is 4. The van der Waals surface area contributed by atoms with E-state index in [-0.39, 0.29) is 17.5 Å². The number of thioether (sulfide) groups is 1. The van der Waals surface area contributed by atoms with Crippen LogP contribution in [0.3, 0.4) is 0 Å². The largest absolute Gasteiger partial charge is 0.325 e. The van der Waals surface area contributed by atoms with E-state index in [9.17, 15) is 14.4 Å². The number of nitrogens with one attached hydrogen (secondary N) is 3. The van der Waals surface area contributed by atoms with Crippen LogP contribution in [-0.2, 0) is 9.59 Å². The maximum Gasteiger partial charge on any atom is 0.272 e. The fourth-order valence-corrected chi connectivity index (χ4v) is 5.47. The lowest BCUT2D eigenvalue weighted by Gasteiger charge is -2.17. The molecular formula is C37H31N3O3S. The molecule has 0 aliphatic heterocycles. The second-order valence-corrected chi connectivity index (χ2v) is 11.2. The van der Waals surface area contributed by atoms with Crippen LogP contribution in [-0.4, -0.2) is 17.7 Å². The van der Waals surface area contributed by atoms with Crippen LogP contribution in [0.5, 0.6) is 0 Å². The number of rotatable bonds is 10. The van der Waals surface area contributed by atoms with Crippen molar-refractivity contribution in [1.29, 1.82) is 0 Å². The summed E-state index contributed by atoms with van der Waals surface area (Å²) in [7, 11) is 0. The minimum Gasteiger partial charge on any atom is -0.325 e. The number of benzene rings is 5. The highest BCUT2D eigenvalue weighted by atomic mass is 32.2. The summed E-state index contributed by atoms with van der Waals surface area (Å²) in [5.74, 6) is -0.974. The van der Waals surface area contributed by atoms with Crippen LogP contribution in [0, 0.1) is 6.92 Å². The maximum absolute atomic E-state index is 13.4. The van der Waals surface area contributed by atoms with Gasteiger partial charge in [0.2, 0.25) is 5.91 Å². The highest BCUT2D eigenvalue weighted by molar-refractivity contribution is 8.00. The minimum absolute atomic E-state index is 0.115. The van der Waals surface area contributed by atoms with Crippen molar-refractivity contribution in [2.45, 2.75) is 17.1 Å². The van der Waals surface area contributed by atoms with E-state index < -0.39 is 11.2 Å². The smallest absolute Gasteiger partial charge is 0.272 e. The Morgan fingerprint density at radius 3 is 1.93 bits per heavy atom. The molecule has 0 aliphatic rings. The molecule has 6 nitrogen and oxygen atoms in total. The van der Waals surface area contributed by atoms with Gasteiger partial charge in [0, 0.05) is 21.8 Å². The number of anilines is 2. The van der Waals surface area contributed by atoms with Gasteiger partial charge in [-0.3, -0.25) is 14.4 Å². The maximum atomic E-state index is 13.4. The number of amides is 3. The number of carbonyl (C=O) groups is 3. The van der Waals surface area contributed by atoms with Crippen molar-refractivity contribution >= 4 is 46.9 Å². The van der Waals surface area contributed by atoms with E-state index in [4.69, 9.17) is 0 Å². The molecule has 5 rings (SSSR count). The molecule has 1 unspecified atom stereocenters. The molecule has 44 heavy (non-hydrogen) atoms. The summed E-state index contributed by atoms with van der Waals surface area (Å²) in [5.41, 5.74) is 4.54. The number of carbonyl (C=O) groups excluding carboxylic acids is 3. The fraction of sp³-hybridized carbons (Fsp3) is 0.0541. The summed E-state index contributed by atoms with van der Waals surface area (Å²) in [6, 6.07) is 42.7. The van der Waals surface area contributed by atoms with Crippen LogP contribution in [0.25, 0.3) is 6.08 Å². The van der Waals surface area contributed by atoms with Gasteiger partial charge >= 0.3 is 0 Å². The third kappa shape index (κ3) is 8.33. The van der Waals surface area contributed by atoms with Crippen LogP contribution in [0.1, 0.15) is 32.3 Å². The molecule has 0 radical (unpaired) electrons. The van der Waals surface area contributed by atoms with Crippen LogP contribution < -0.4 is 16.0 Å². The van der Waals surface area contributed by atoms with Crippen molar-refractivity contribution in [3.8, 4) is 0 Å². The monoisotopic (exact) mass is 597 g/mol. The Hall–Kier alpha value is -5.40. The van der Waals surface area contributed by atoms with Gasteiger partial charge in [0.25, 0.3) is 11.8 Å². The molecule has 1 atom stereocenters. The van der Waals surface area contributed by atoms with Gasteiger partial charge in [-0.1, -0.05) is 96.6 Å². The zero-order chi connectivity index (χ0) is 30.7. The summed E-state index contributed by atoms with van der Waals surface area (Å²) in [5, 5.41) is 8.17. The van der Waals surface area contributed by atoms with E-state index in [0.29, 0.717) is 11.3 Å². The van der Waals surface area contributed by atoms with Crippen LogP contribution >= 0.6 is 11.8 Å². The van der Waals surface area contributed by atoms with Crippen molar-refractivity contribution < 1.29 is 14.4 Å². The first-order valence-electron chi connectivity index (χ1n) is 14.1. The van der Waals surface area contributed by atoms with Gasteiger partial charge in [0.05, 0.1) is 0 Å². The first-order valence-corrected chi connectivity index (χ1v) is 15.0. The first kappa shape index (κ1) is 30.1. The molecule has 0 bridgehead atoms. The van der Waals surface area contributed by atoms with E-state index in [1.165, 1.54) is 11.8 Å². The summed E-state index contributed by atoms with van der Waals surface area (Å²) < 4.78 is 0. The van der Waals surface area contributed by atoms with Gasteiger partial charge in [-0.25, -0.2) is 0 Å². The minimum atomic E-state index is -0.492. The Morgan fingerprint density at radius 1 is 0.659 bits per heavy atom. The topological polar surface area (TPSA) is 87.3 Å². The zero-order valence-corrected chi connectivity index (χ0v) is 24.9. The molecule has 0 aromatic heterocycles. The van der Waals surface area contributed by atoms with Crippen molar-refractivity contribution in [2.24, 2.45) is 0 Å². The number of para-hydroxylation sites is 1. The lowest BCUT2D eigenvalue weighted by atomic mass is 10.1. The highest BCUT2D eigenvalue weighted by Gasteiger charge is 2.22. The Labute approximate surface area is 261 Å². The molecule has 0 saturated carbocycles. The van der Waals surface area contributed by atoms with Gasteiger partial charge in [-0.2, -0.15) is 0 Å². The first-order chi connectivity index (χ1) is 21.4. The molecule has 0 aliphatic carbocycles. The summed E-state index contributed by atoms with van der Waals surface area (Å²) in [4.78, 5) is 40.6. The standard InChI is InChI=1S/C37H31N3O3S/c1-26-12-11-13-27(24-26)25-33(40-35(41)29-16-7-3-8-17-29)36(42)38-31-20-22-32(23-21-31)44-34(28-14-5-2-6-15-28)37(43)39-30-18-9-4-10-19-30/h2-25,34H,1H3,(H,38,42)(H,39,43)(H,40,41)/b33-25-.